The van der Waals surface area contributed by atoms with Crippen molar-refractivity contribution in [2.75, 3.05) is 44.2 Å². The summed E-state index contributed by atoms with van der Waals surface area (Å²) < 4.78 is 0. The number of nitriles is 1. The predicted octanol–water partition coefficient (Wildman–Crippen LogP) is 2.57. The van der Waals surface area contributed by atoms with Gasteiger partial charge in [-0.25, -0.2) is 4.79 Å². The molecule has 2 saturated heterocycles. The highest BCUT2D eigenvalue weighted by Gasteiger charge is 2.58. The molecule has 8 nitrogen and oxygen atoms in total. The molecule has 3 amide bonds. The highest BCUT2D eigenvalue weighted by molar-refractivity contribution is 5.83. The molecule has 0 aromatic heterocycles. The minimum absolute atomic E-state index is 0.00747. The van der Waals surface area contributed by atoms with E-state index in [-0.39, 0.29) is 41.3 Å². The highest BCUT2D eigenvalue weighted by atomic mass is 16.3. The number of hydrogen-bond acceptors (Lipinski definition) is 5. The first kappa shape index (κ1) is 23.6. The lowest BCUT2D eigenvalue weighted by Crippen LogP contribution is -2.61. The van der Waals surface area contributed by atoms with Gasteiger partial charge in [0.05, 0.1) is 23.2 Å². The molecular formula is C28H37N5O3. The summed E-state index contributed by atoms with van der Waals surface area (Å²) in [5.74, 6) is 1.33. The van der Waals surface area contributed by atoms with E-state index < -0.39 is 0 Å². The summed E-state index contributed by atoms with van der Waals surface area (Å²) in [5, 5.41) is 22.9. The SMILES string of the molecule is N#Cc1ccc(N2CCN(C(=O)N3CCCC(NC(=O)C45CC6CC(C4)C(O)C(C6)C5)C3)CC2)cc1. The van der Waals surface area contributed by atoms with Crippen LogP contribution < -0.4 is 10.2 Å². The Kier molecular flexibility index (Phi) is 6.07. The molecule has 36 heavy (non-hydrogen) atoms. The van der Waals surface area contributed by atoms with Crippen molar-refractivity contribution < 1.29 is 14.7 Å². The first-order chi connectivity index (χ1) is 17.4. The van der Waals surface area contributed by atoms with Crippen LogP contribution in [-0.4, -0.2) is 78.3 Å². The number of carbonyl (C=O) groups is 2. The Balaban J connectivity index is 1.03. The number of carbonyl (C=O) groups excluding carboxylic acids is 2. The van der Waals surface area contributed by atoms with Crippen LogP contribution in [0, 0.1) is 34.5 Å². The maximum absolute atomic E-state index is 13.5. The third-order valence-electron chi connectivity index (χ3n) is 9.64. The average molecular weight is 492 g/mol. The van der Waals surface area contributed by atoms with E-state index in [1.54, 1.807) is 0 Å². The Morgan fingerprint density at radius 2 is 1.67 bits per heavy atom. The van der Waals surface area contributed by atoms with Gasteiger partial charge in [-0.3, -0.25) is 4.79 Å². The lowest BCUT2D eigenvalue weighted by Gasteiger charge is -2.58. The number of urea groups is 1. The number of amides is 3. The van der Waals surface area contributed by atoms with Crippen LogP contribution in [-0.2, 0) is 4.79 Å². The maximum Gasteiger partial charge on any atom is 0.320 e. The van der Waals surface area contributed by atoms with E-state index in [9.17, 15) is 14.7 Å². The molecule has 6 aliphatic rings. The number of aliphatic hydroxyl groups excluding tert-OH is 1. The number of anilines is 1. The van der Waals surface area contributed by atoms with Crippen LogP contribution >= 0.6 is 0 Å². The molecule has 2 heterocycles. The average Bonchev–Trinajstić information content (AvgIpc) is 2.91. The van der Waals surface area contributed by atoms with Crippen LogP contribution in [0.15, 0.2) is 24.3 Å². The fourth-order valence-electron chi connectivity index (χ4n) is 7.99. The number of aliphatic hydroxyl groups is 1. The van der Waals surface area contributed by atoms with Crippen LogP contribution in [0.4, 0.5) is 10.5 Å². The topological polar surface area (TPSA) is 99.9 Å². The van der Waals surface area contributed by atoms with Gasteiger partial charge in [0.25, 0.3) is 0 Å². The van der Waals surface area contributed by atoms with Gasteiger partial charge in [-0.2, -0.15) is 5.26 Å². The Morgan fingerprint density at radius 1 is 0.972 bits per heavy atom. The summed E-state index contributed by atoms with van der Waals surface area (Å²) in [6, 6.07) is 9.84. The number of nitrogens with zero attached hydrogens (tertiary/aromatic N) is 4. The van der Waals surface area contributed by atoms with Crippen LogP contribution in [0.2, 0.25) is 0 Å². The molecule has 4 saturated carbocycles. The van der Waals surface area contributed by atoms with E-state index in [1.807, 2.05) is 34.1 Å². The molecule has 4 aliphatic carbocycles. The standard InChI is InChI=1S/C28H37N5O3/c29-17-19-3-5-24(6-4-19)31-8-10-32(11-9-31)27(36)33-7-1-2-23(18-33)30-26(35)28-14-20-12-21(15-28)25(34)22(13-20)16-28/h3-6,20-23,25,34H,1-2,7-16,18H2,(H,30,35). The van der Waals surface area contributed by atoms with Gasteiger partial charge in [-0.1, -0.05) is 0 Å². The van der Waals surface area contributed by atoms with Gasteiger partial charge in [-0.15, -0.1) is 0 Å². The van der Waals surface area contributed by atoms with Crippen molar-refractivity contribution >= 4 is 17.6 Å². The Bertz CT molecular complexity index is 1030. The summed E-state index contributed by atoms with van der Waals surface area (Å²) in [5.41, 5.74) is 1.43. The van der Waals surface area contributed by atoms with Crippen molar-refractivity contribution in [3.05, 3.63) is 29.8 Å². The highest BCUT2D eigenvalue weighted by Crippen LogP contribution is 2.60. The summed E-state index contributed by atoms with van der Waals surface area (Å²) in [6.45, 7) is 4.19. The minimum atomic E-state index is -0.302. The molecule has 2 aliphatic heterocycles. The molecule has 4 bridgehead atoms. The lowest BCUT2D eigenvalue weighted by molar-refractivity contribution is -0.163. The molecule has 1 aromatic carbocycles. The Hall–Kier alpha value is -2.79. The summed E-state index contributed by atoms with van der Waals surface area (Å²) in [4.78, 5) is 33.0. The summed E-state index contributed by atoms with van der Waals surface area (Å²) >= 11 is 0. The lowest BCUT2D eigenvalue weighted by atomic mass is 9.48. The molecule has 8 heteroatoms. The van der Waals surface area contributed by atoms with Crippen LogP contribution in [0.5, 0.6) is 0 Å². The number of rotatable bonds is 3. The number of piperazine rings is 1. The van der Waals surface area contributed by atoms with Crippen molar-refractivity contribution in [3.63, 3.8) is 0 Å². The smallest absolute Gasteiger partial charge is 0.320 e. The molecule has 0 radical (unpaired) electrons. The Labute approximate surface area is 213 Å². The fourth-order valence-corrected chi connectivity index (χ4v) is 7.99. The van der Waals surface area contributed by atoms with Gasteiger partial charge in [0.15, 0.2) is 0 Å². The van der Waals surface area contributed by atoms with Crippen LogP contribution in [0.25, 0.3) is 0 Å². The normalized spacial score (nSPS) is 35.4. The molecule has 192 valence electrons. The zero-order chi connectivity index (χ0) is 24.9. The zero-order valence-electron chi connectivity index (χ0n) is 20.9. The van der Waals surface area contributed by atoms with Crippen molar-refractivity contribution in [3.8, 4) is 6.07 Å². The Morgan fingerprint density at radius 3 is 2.33 bits per heavy atom. The van der Waals surface area contributed by atoms with Gasteiger partial charge < -0.3 is 25.1 Å². The van der Waals surface area contributed by atoms with Gasteiger partial charge in [0, 0.05) is 51.0 Å². The van der Waals surface area contributed by atoms with E-state index in [1.165, 1.54) is 0 Å². The third kappa shape index (κ3) is 4.21. The second-order valence-corrected chi connectivity index (χ2v) is 11.9. The molecule has 7 rings (SSSR count). The van der Waals surface area contributed by atoms with E-state index >= 15 is 0 Å². The van der Waals surface area contributed by atoms with Gasteiger partial charge in [-0.05, 0) is 87.0 Å². The predicted molar refractivity (Wildman–Crippen MR) is 135 cm³/mol. The van der Waals surface area contributed by atoms with Gasteiger partial charge >= 0.3 is 6.03 Å². The number of piperidine rings is 1. The summed E-state index contributed by atoms with van der Waals surface area (Å²) in [7, 11) is 0. The van der Waals surface area contributed by atoms with Crippen LogP contribution in [0.3, 0.4) is 0 Å². The molecular weight excluding hydrogens is 454 g/mol. The van der Waals surface area contributed by atoms with E-state index in [0.717, 1.165) is 70.3 Å². The second kappa shape index (κ2) is 9.26. The molecule has 6 fully saturated rings. The van der Waals surface area contributed by atoms with E-state index in [0.29, 0.717) is 31.1 Å². The minimum Gasteiger partial charge on any atom is -0.393 e. The monoisotopic (exact) mass is 491 g/mol. The number of hydrogen-bond donors (Lipinski definition) is 2. The second-order valence-electron chi connectivity index (χ2n) is 11.9. The molecule has 3 unspecified atom stereocenters. The van der Waals surface area contributed by atoms with E-state index in [2.05, 4.69) is 16.3 Å². The quantitative estimate of drug-likeness (QED) is 0.677. The molecule has 3 atom stereocenters. The molecule has 2 N–H and O–H groups in total. The van der Waals surface area contributed by atoms with Crippen molar-refractivity contribution in [1.82, 2.24) is 15.1 Å². The van der Waals surface area contributed by atoms with Crippen LogP contribution in [0.1, 0.15) is 50.5 Å². The zero-order valence-corrected chi connectivity index (χ0v) is 20.9. The van der Waals surface area contributed by atoms with Crippen molar-refractivity contribution in [2.24, 2.45) is 23.2 Å². The number of likely N-dealkylation sites (tertiary alicyclic amines) is 1. The van der Waals surface area contributed by atoms with E-state index in [4.69, 9.17) is 5.26 Å². The first-order valence-corrected chi connectivity index (χ1v) is 13.7. The number of benzene rings is 1. The number of nitrogens with one attached hydrogen (secondary N) is 1. The maximum atomic E-state index is 13.5. The molecule has 0 spiro atoms. The van der Waals surface area contributed by atoms with Crippen molar-refractivity contribution in [2.45, 2.75) is 57.1 Å². The first-order valence-electron chi connectivity index (χ1n) is 13.7. The van der Waals surface area contributed by atoms with Crippen molar-refractivity contribution in [1.29, 1.82) is 5.26 Å². The largest absolute Gasteiger partial charge is 0.393 e. The molecule has 1 aromatic rings. The van der Waals surface area contributed by atoms with Gasteiger partial charge in [0.2, 0.25) is 5.91 Å². The summed E-state index contributed by atoms with van der Waals surface area (Å²) in [6.07, 6.45) is 6.38. The van der Waals surface area contributed by atoms with Gasteiger partial charge in [0.1, 0.15) is 0 Å². The fraction of sp³-hybridized carbons (Fsp3) is 0.679. The third-order valence-corrected chi connectivity index (χ3v) is 9.64.